The average molecular weight is 630 g/mol. The van der Waals surface area contributed by atoms with Crippen molar-refractivity contribution in [2.75, 3.05) is 0 Å². The van der Waals surface area contributed by atoms with Crippen LogP contribution in [0.1, 0.15) is 22.9 Å². The second-order valence-electron chi connectivity index (χ2n) is 12.2. The highest BCUT2D eigenvalue weighted by Crippen LogP contribution is 2.39. The molecule has 0 amide bonds. The van der Waals surface area contributed by atoms with Crippen LogP contribution in [-0.4, -0.2) is 11.7 Å². The van der Waals surface area contributed by atoms with Gasteiger partial charge < -0.3 is 9.73 Å². The minimum absolute atomic E-state index is 0.432. The summed E-state index contributed by atoms with van der Waals surface area (Å²) in [7, 11) is 0. The average Bonchev–Trinajstić information content (AvgIpc) is 3.58. The van der Waals surface area contributed by atoms with Crippen molar-refractivity contribution in [2.45, 2.75) is 6.17 Å². The molecule has 7 aromatic carbocycles. The number of para-hydroxylation sites is 1. The normalized spacial score (nSPS) is 14.3. The van der Waals surface area contributed by atoms with E-state index in [9.17, 15) is 0 Å². The van der Waals surface area contributed by atoms with Gasteiger partial charge in [-0.15, -0.1) is 0 Å². The Bertz CT molecular complexity index is 2500. The van der Waals surface area contributed by atoms with Crippen LogP contribution < -0.4 is 5.32 Å². The molecule has 1 aliphatic rings. The summed E-state index contributed by atoms with van der Waals surface area (Å²) >= 11 is 0. The first-order chi connectivity index (χ1) is 24.3. The Balaban J connectivity index is 1.15. The van der Waals surface area contributed by atoms with Crippen molar-refractivity contribution >= 4 is 33.6 Å². The zero-order chi connectivity index (χ0) is 32.6. The van der Waals surface area contributed by atoms with E-state index in [1.807, 2.05) is 42.5 Å². The quantitative estimate of drug-likeness (QED) is 0.199. The Labute approximate surface area is 284 Å². The summed E-state index contributed by atoms with van der Waals surface area (Å²) in [4.78, 5) is 10.4. The van der Waals surface area contributed by atoms with E-state index in [0.29, 0.717) is 0 Å². The molecule has 1 unspecified atom stereocenters. The molecule has 0 fully saturated rings. The van der Waals surface area contributed by atoms with Gasteiger partial charge in [-0.3, -0.25) is 0 Å². The van der Waals surface area contributed by atoms with Crippen LogP contribution in [-0.2, 0) is 0 Å². The molecule has 0 bridgehead atoms. The van der Waals surface area contributed by atoms with E-state index in [-0.39, 0.29) is 0 Å². The predicted molar refractivity (Wildman–Crippen MR) is 202 cm³/mol. The maximum Gasteiger partial charge on any atom is 0.169 e. The van der Waals surface area contributed by atoms with Crippen molar-refractivity contribution in [1.82, 2.24) is 5.32 Å². The van der Waals surface area contributed by atoms with E-state index in [1.165, 1.54) is 16.7 Å². The van der Waals surface area contributed by atoms with Gasteiger partial charge in [0, 0.05) is 27.5 Å². The van der Waals surface area contributed by atoms with Gasteiger partial charge in [0.2, 0.25) is 0 Å². The van der Waals surface area contributed by atoms with Crippen molar-refractivity contribution in [3.63, 3.8) is 0 Å². The Kier molecular flexibility index (Phi) is 7.17. The largest absolute Gasteiger partial charge is 0.455 e. The maximum atomic E-state index is 6.57. The zero-order valence-electron chi connectivity index (χ0n) is 26.6. The molecule has 4 nitrogen and oxygen atoms in total. The highest BCUT2D eigenvalue weighted by atomic mass is 16.3. The van der Waals surface area contributed by atoms with Crippen molar-refractivity contribution in [3.8, 4) is 33.4 Å². The predicted octanol–water partition coefficient (Wildman–Crippen LogP) is 11.1. The molecule has 0 saturated carbocycles. The van der Waals surface area contributed by atoms with Crippen LogP contribution in [0.3, 0.4) is 0 Å². The third-order valence-corrected chi connectivity index (χ3v) is 9.16. The number of benzene rings is 7. The number of furan rings is 1. The zero-order valence-corrected chi connectivity index (χ0v) is 26.6. The van der Waals surface area contributed by atoms with E-state index < -0.39 is 6.17 Å². The Hall–Kier alpha value is -6.52. The first-order valence-corrected chi connectivity index (χ1v) is 16.5. The van der Waals surface area contributed by atoms with Crippen LogP contribution in [0.2, 0.25) is 0 Å². The topological polar surface area (TPSA) is 49.9 Å². The van der Waals surface area contributed by atoms with Crippen LogP contribution in [0.15, 0.2) is 190 Å². The number of rotatable bonds is 6. The lowest BCUT2D eigenvalue weighted by molar-refractivity contribution is 0.670. The molecular formula is C45H31N3O. The summed E-state index contributed by atoms with van der Waals surface area (Å²) in [5.41, 5.74) is 11.6. The number of nitrogens with one attached hydrogen (secondary N) is 1. The van der Waals surface area contributed by atoms with Crippen LogP contribution >= 0.6 is 0 Å². The van der Waals surface area contributed by atoms with Crippen molar-refractivity contribution in [3.05, 3.63) is 193 Å². The number of fused-ring (bicyclic) bond motifs is 3. The first kappa shape index (κ1) is 28.7. The van der Waals surface area contributed by atoms with Crippen molar-refractivity contribution in [2.24, 2.45) is 9.98 Å². The van der Waals surface area contributed by atoms with E-state index in [4.69, 9.17) is 14.4 Å². The van der Waals surface area contributed by atoms with Gasteiger partial charge in [-0.1, -0.05) is 152 Å². The van der Waals surface area contributed by atoms with Gasteiger partial charge in [-0.05, 0) is 57.6 Å². The molecule has 49 heavy (non-hydrogen) atoms. The standard InChI is InChI=1S/C45H31N3O/c1-4-13-30(14-5-1)35-19-12-20-36(29-35)31-23-25-34(26-24-31)44-46-43(33-17-8-3-9-18-33)47-45(48-44)39-28-27-37(32-15-6-2-7-16-32)42-41(39)38-21-10-11-22-40(38)49-42/h1-29,44H,(H,46,47,48). The monoisotopic (exact) mass is 629 g/mol. The first-order valence-electron chi connectivity index (χ1n) is 16.5. The molecular weight excluding hydrogens is 599 g/mol. The summed E-state index contributed by atoms with van der Waals surface area (Å²) in [6, 6.07) is 61.0. The second-order valence-corrected chi connectivity index (χ2v) is 12.2. The molecule has 2 heterocycles. The van der Waals surface area contributed by atoms with E-state index in [1.54, 1.807) is 0 Å². The fourth-order valence-corrected chi connectivity index (χ4v) is 6.71. The molecule has 0 spiro atoms. The summed E-state index contributed by atoms with van der Waals surface area (Å²) in [6.07, 6.45) is -0.432. The summed E-state index contributed by atoms with van der Waals surface area (Å²) in [5.74, 6) is 1.54. The fourth-order valence-electron chi connectivity index (χ4n) is 6.71. The highest BCUT2D eigenvalue weighted by Gasteiger charge is 2.25. The molecule has 232 valence electrons. The van der Waals surface area contributed by atoms with Crippen LogP contribution in [0.5, 0.6) is 0 Å². The molecule has 0 saturated heterocycles. The Morgan fingerprint density at radius 3 is 1.69 bits per heavy atom. The van der Waals surface area contributed by atoms with Crippen LogP contribution in [0.25, 0.3) is 55.3 Å². The van der Waals surface area contributed by atoms with Gasteiger partial charge in [0.25, 0.3) is 0 Å². The third kappa shape index (κ3) is 5.39. The number of nitrogens with zero attached hydrogens (tertiary/aromatic N) is 2. The lowest BCUT2D eigenvalue weighted by Gasteiger charge is -2.23. The lowest BCUT2D eigenvalue weighted by Crippen LogP contribution is -2.36. The minimum Gasteiger partial charge on any atom is -0.455 e. The molecule has 1 atom stereocenters. The lowest BCUT2D eigenvalue weighted by atomic mass is 9.97. The van der Waals surface area contributed by atoms with E-state index in [2.05, 4.69) is 139 Å². The second kappa shape index (κ2) is 12.3. The summed E-state index contributed by atoms with van der Waals surface area (Å²) in [6.45, 7) is 0. The molecule has 1 aliphatic heterocycles. The summed E-state index contributed by atoms with van der Waals surface area (Å²) in [5, 5.41) is 5.69. The number of aliphatic imine (C=N–C) groups is 2. The number of amidine groups is 2. The Morgan fingerprint density at radius 1 is 0.429 bits per heavy atom. The number of hydrogen-bond acceptors (Lipinski definition) is 4. The molecule has 9 rings (SSSR count). The van der Waals surface area contributed by atoms with Gasteiger partial charge in [0.1, 0.15) is 22.8 Å². The van der Waals surface area contributed by atoms with Gasteiger partial charge in [-0.2, -0.15) is 0 Å². The fraction of sp³-hybridized carbons (Fsp3) is 0.0222. The third-order valence-electron chi connectivity index (χ3n) is 9.16. The highest BCUT2D eigenvalue weighted by molar-refractivity contribution is 6.24. The van der Waals surface area contributed by atoms with Crippen molar-refractivity contribution < 1.29 is 4.42 Å². The van der Waals surface area contributed by atoms with Gasteiger partial charge in [0.05, 0.1) is 0 Å². The molecule has 1 aromatic heterocycles. The van der Waals surface area contributed by atoms with E-state index in [0.717, 1.165) is 67.0 Å². The summed E-state index contributed by atoms with van der Waals surface area (Å²) < 4.78 is 6.57. The van der Waals surface area contributed by atoms with Gasteiger partial charge in [-0.25, -0.2) is 9.98 Å². The van der Waals surface area contributed by atoms with Crippen LogP contribution in [0.4, 0.5) is 0 Å². The Morgan fingerprint density at radius 2 is 0.980 bits per heavy atom. The van der Waals surface area contributed by atoms with Gasteiger partial charge >= 0.3 is 0 Å². The smallest absolute Gasteiger partial charge is 0.169 e. The molecule has 8 aromatic rings. The minimum atomic E-state index is -0.432. The molecule has 1 N–H and O–H groups in total. The number of hydrogen-bond donors (Lipinski definition) is 1. The SMILES string of the molecule is c1ccc(C2=NC(c3ccc(-c4cccc(-c5ccccc5)c4)cc3)N=C(c3ccc(-c4ccccc4)c4oc5ccccc5c34)N2)cc1. The van der Waals surface area contributed by atoms with Crippen molar-refractivity contribution in [1.29, 1.82) is 0 Å². The maximum absolute atomic E-state index is 6.57. The molecule has 4 heteroatoms. The molecule has 0 aliphatic carbocycles. The molecule has 0 radical (unpaired) electrons. The van der Waals surface area contributed by atoms with E-state index >= 15 is 0 Å². The van der Waals surface area contributed by atoms with Crippen LogP contribution in [0, 0.1) is 0 Å². The van der Waals surface area contributed by atoms with Gasteiger partial charge in [0.15, 0.2) is 6.17 Å².